The van der Waals surface area contributed by atoms with E-state index >= 15 is 0 Å². The lowest BCUT2D eigenvalue weighted by Gasteiger charge is -2.27. The summed E-state index contributed by atoms with van der Waals surface area (Å²) in [5, 5.41) is 0.703. The van der Waals surface area contributed by atoms with Crippen LogP contribution in [0.3, 0.4) is 0 Å². The van der Waals surface area contributed by atoms with E-state index in [1.807, 2.05) is 12.1 Å². The van der Waals surface area contributed by atoms with E-state index in [4.69, 9.17) is 23.1 Å². The van der Waals surface area contributed by atoms with Crippen LogP contribution in [0.15, 0.2) is 17.1 Å². The standard InChI is InChI=1S/C16H21ClN6/c1-9-6-23-14-11(8-22(9)7-10-2-3-10)4-12(17)5-13(14)20-16(23)21-15(18)19/h4-5,9-10H,2-3,6-8H2,1H3,(H4,18,19,20,21). The molecule has 0 radical (unpaired) electrons. The van der Waals surface area contributed by atoms with E-state index in [-0.39, 0.29) is 5.96 Å². The van der Waals surface area contributed by atoms with Gasteiger partial charge in [0.15, 0.2) is 5.96 Å². The molecule has 23 heavy (non-hydrogen) atoms. The van der Waals surface area contributed by atoms with Crippen LogP contribution in [0.25, 0.3) is 11.0 Å². The highest BCUT2D eigenvalue weighted by molar-refractivity contribution is 6.31. The van der Waals surface area contributed by atoms with Crippen LogP contribution in [0.1, 0.15) is 25.3 Å². The molecular weight excluding hydrogens is 312 g/mol. The molecule has 2 aliphatic rings. The van der Waals surface area contributed by atoms with E-state index in [1.165, 1.54) is 18.4 Å². The maximum atomic E-state index is 6.30. The van der Waals surface area contributed by atoms with E-state index in [0.29, 0.717) is 17.0 Å². The summed E-state index contributed by atoms with van der Waals surface area (Å²) < 4.78 is 2.12. The van der Waals surface area contributed by atoms with Gasteiger partial charge in [-0.1, -0.05) is 11.6 Å². The highest BCUT2D eigenvalue weighted by Crippen LogP contribution is 2.35. The first-order chi connectivity index (χ1) is 11.0. The summed E-state index contributed by atoms with van der Waals surface area (Å²) in [6, 6.07) is 4.32. The third-order valence-corrected chi connectivity index (χ3v) is 4.95. The first kappa shape index (κ1) is 14.8. The van der Waals surface area contributed by atoms with Crippen molar-refractivity contribution in [3.63, 3.8) is 0 Å². The first-order valence-corrected chi connectivity index (χ1v) is 8.41. The molecule has 122 valence electrons. The highest BCUT2D eigenvalue weighted by Gasteiger charge is 2.30. The van der Waals surface area contributed by atoms with Crippen LogP contribution >= 0.6 is 11.6 Å². The van der Waals surface area contributed by atoms with Crippen LogP contribution in [0.2, 0.25) is 5.02 Å². The second-order valence-corrected chi connectivity index (χ2v) is 7.15. The van der Waals surface area contributed by atoms with E-state index in [0.717, 1.165) is 36.6 Å². The number of nitrogens with two attached hydrogens (primary N) is 2. The van der Waals surface area contributed by atoms with Crippen molar-refractivity contribution in [1.29, 1.82) is 0 Å². The van der Waals surface area contributed by atoms with Gasteiger partial charge in [0.1, 0.15) is 0 Å². The third-order valence-electron chi connectivity index (χ3n) is 4.73. The zero-order valence-electron chi connectivity index (χ0n) is 13.2. The van der Waals surface area contributed by atoms with Crippen molar-refractivity contribution >= 4 is 34.5 Å². The Labute approximate surface area is 140 Å². The van der Waals surface area contributed by atoms with Crippen LogP contribution in [0.5, 0.6) is 0 Å². The van der Waals surface area contributed by atoms with Gasteiger partial charge in [0.05, 0.1) is 11.0 Å². The predicted octanol–water partition coefficient (Wildman–Crippen LogP) is 2.21. The van der Waals surface area contributed by atoms with Gasteiger partial charge in [-0.05, 0) is 43.4 Å². The Hall–Kier alpha value is -1.79. The summed E-state index contributed by atoms with van der Waals surface area (Å²) in [7, 11) is 0. The minimum atomic E-state index is 0.0240. The lowest BCUT2D eigenvalue weighted by atomic mass is 10.1. The fourth-order valence-corrected chi connectivity index (χ4v) is 3.67. The summed E-state index contributed by atoms with van der Waals surface area (Å²) in [5.74, 6) is 1.43. The molecule has 0 spiro atoms. The fraction of sp³-hybridized carbons (Fsp3) is 0.500. The molecule has 1 aromatic heterocycles. The maximum absolute atomic E-state index is 6.30. The molecule has 2 aromatic rings. The second kappa shape index (κ2) is 5.39. The van der Waals surface area contributed by atoms with Gasteiger partial charge >= 0.3 is 0 Å². The summed E-state index contributed by atoms with van der Waals surface area (Å²) in [6.07, 6.45) is 2.70. The van der Waals surface area contributed by atoms with Crippen molar-refractivity contribution < 1.29 is 0 Å². The summed E-state index contributed by atoms with van der Waals surface area (Å²) in [6.45, 7) is 5.11. The van der Waals surface area contributed by atoms with Gasteiger partial charge in [0.2, 0.25) is 5.95 Å². The van der Waals surface area contributed by atoms with Gasteiger partial charge in [0, 0.05) is 30.7 Å². The lowest BCUT2D eigenvalue weighted by Crippen LogP contribution is -2.35. The molecule has 1 aliphatic carbocycles. The topological polar surface area (TPSA) is 85.5 Å². The van der Waals surface area contributed by atoms with Gasteiger partial charge in [-0.2, -0.15) is 4.99 Å². The zero-order valence-corrected chi connectivity index (χ0v) is 13.9. The lowest BCUT2D eigenvalue weighted by molar-refractivity contribution is 0.182. The molecule has 1 atom stereocenters. The SMILES string of the molecule is CC1Cn2c(N=C(N)N)nc3cc(Cl)cc(c32)CN1CC1CC1. The van der Waals surface area contributed by atoms with Crippen LogP contribution in [-0.2, 0) is 13.1 Å². The Morgan fingerprint density at radius 3 is 2.87 bits per heavy atom. The quantitative estimate of drug-likeness (QED) is 0.666. The summed E-state index contributed by atoms with van der Waals surface area (Å²) in [4.78, 5) is 11.3. The van der Waals surface area contributed by atoms with Gasteiger partial charge in [-0.15, -0.1) is 0 Å². The molecule has 1 aromatic carbocycles. The van der Waals surface area contributed by atoms with Crippen molar-refractivity contribution in [2.75, 3.05) is 6.54 Å². The van der Waals surface area contributed by atoms with E-state index in [1.54, 1.807) is 0 Å². The number of aliphatic imine (C=N–C) groups is 1. The number of rotatable bonds is 3. The minimum absolute atomic E-state index is 0.0240. The number of imidazole rings is 1. The van der Waals surface area contributed by atoms with Crippen LogP contribution in [-0.4, -0.2) is 33.0 Å². The molecule has 0 saturated heterocycles. The third kappa shape index (κ3) is 2.77. The monoisotopic (exact) mass is 332 g/mol. The molecular formula is C16H21ClN6. The molecule has 7 heteroatoms. The van der Waals surface area contributed by atoms with E-state index < -0.39 is 0 Å². The second-order valence-electron chi connectivity index (χ2n) is 6.71. The van der Waals surface area contributed by atoms with Crippen molar-refractivity contribution in [1.82, 2.24) is 14.5 Å². The predicted molar refractivity (Wildman–Crippen MR) is 92.8 cm³/mol. The smallest absolute Gasteiger partial charge is 0.233 e. The number of aromatic nitrogens is 2. The molecule has 6 nitrogen and oxygen atoms in total. The Balaban J connectivity index is 1.85. The molecule has 4 N–H and O–H groups in total. The Morgan fingerprint density at radius 1 is 1.39 bits per heavy atom. The van der Waals surface area contributed by atoms with Crippen molar-refractivity contribution in [3.8, 4) is 0 Å². The van der Waals surface area contributed by atoms with Crippen LogP contribution in [0.4, 0.5) is 5.95 Å². The van der Waals surface area contributed by atoms with Crippen molar-refractivity contribution in [2.45, 2.75) is 38.9 Å². The average Bonchev–Trinajstić information content (AvgIpc) is 3.22. The number of guanidine groups is 1. The van der Waals surface area contributed by atoms with Gasteiger partial charge < -0.3 is 16.0 Å². The van der Waals surface area contributed by atoms with Crippen LogP contribution in [0, 0.1) is 5.92 Å². The summed E-state index contributed by atoms with van der Waals surface area (Å²) in [5.41, 5.74) is 14.3. The van der Waals surface area contributed by atoms with Crippen molar-refractivity contribution in [2.24, 2.45) is 22.4 Å². The average molecular weight is 333 g/mol. The maximum Gasteiger partial charge on any atom is 0.233 e. The first-order valence-electron chi connectivity index (χ1n) is 8.03. The van der Waals surface area contributed by atoms with Gasteiger partial charge in [0.25, 0.3) is 0 Å². The number of hydrogen-bond donors (Lipinski definition) is 2. The van der Waals surface area contributed by atoms with E-state index in [9.17, 15) is 0 Å². The Morgan fingerprint density at radius 2 is 2.17 bits per heavy atom. The number of halogens is 1. The number of nitrogens with zero attached hydrogens (tertiary/aromatic N) is 4. The zero-order chi connectivity index (χ0) is 16.1. The number of hydrogen-bond acceptors (Lipinski definition) is 3. The van der Waals surface area contributed by atoms with Crippen molar-refractivity contribution in [3.05, 3.63) is 22.7 Å². The molecule has 1 unspecified atom stereocenters. The number of benzene rings is 1. The normalized spacial score (nSPS) is 21.4. The Kier molecular flexibility index (Phi) is 3.46. The largest absolute Gasteiger partial charge is 0.370 e. The molecule has 1 fully saturated rings. The molecule has 0 bridgehead atoms. The van der Waals surface area contributed by atoms with Crippen LogP contribution < -0.4 is 11.5 Å². The molecule has 0 amide bonds. The molecule has 2 heterocycles. The molecule has 1 saturated carbocycles. The van der Waals surface area contributed by atoms with Gasteiger partial charge in [-0.3, -0.25) is 4.90 Å². The summed E-state index contributed by atoms with van der Waals surface area (Å²) >= 11 is 6.30. The molecule has 4 rings (SSSR count). The van der Waals surface area contributed by atoms with E-state index in [2.05, 4.69) is 26.4 Å². The molecule has 1 aliphatic heterocycles. The van der Waals surface area contributed by atoms with Gasteiger partial charge in [-0.25, -0.2) is 4.98 Å². The minimum Gasteiger partial charge on any atom is -0.370 e. The highest BCUT2D eigenvalue weighted by atomic mass is 35.5. The fourth-order valence-electron chi connectivity index (χ4n) is 3.43. The Bertz CT molecular complexity index is 787.